The van der Waals surface area contributed by atoms with Crippen molar-refractivity contribution in [2.45, 2.75) is 116 Å². The van der Waals surface area contributed by atoms with E-state index in [1.165, 1.54) is 103 Å². The zero-order valence-electron chi connectivity index (χ0n) is 14.0. The molecule has 1 aliphatic rings. The van der Waals surface area contributed by atoms with Crippen molar-refractivity contribution in [3.63, 3.8) is 0 Å². The van der Waals surface area contributed by atoms with Crippen molar-refractivity contribution < 1.29 is 0 Å². The van der Waals surface area contributed by atoms with E-state index in [-0.39, 0.29) is 0 Å². The van der Waals surface area contributed by atoms with E-state index >= 15 is 0 Å². The minimum atomic E-state index is 0.484. The van der Waals surface area contributed by atoms with Crippen molar-refractivity contribution in [3.8, 4) is 0 Å². The molecule has 1 saturated carbocycles. The van der Waals surface area contributed by atoms with E-state index in [0.717, 1.165) is 5.92 Å². The van der Waals surface area contributed by atoms with Crippen molar-refractivity contribution in [2.75, 3.05) is 0 Å². The largest absolute Gasteiger partial charge is 0.328 e. The van der Waals surface area contributed by atoms with Gasteiger partial charge in [-0.05, 0) is 18.8 Å². The summed E-state index contributed by atoms with van der Waals surface area (Å²) in [5, 5.41) is 0. The Hall–Kier alpha value is -0.0400. The second-order valence-corrected chi connectivity index (χ2v) is 7.12. The first-order valence-electron chi connectivity index (χ1n) is 9.58. The maximum absolute atomic E-state index is 6.34. The Bertz CT molecular complexity index is 194. The molecule has 0 amide bonds. The van der Waals surface area contributed by atoms with Gasteiger partial charge < -0.3 is 5.73 Å². The summed E-state index contributed by atoms with van der Waals surface area (Å²) < 4.78 is 0. The molecule has 1 fully saturated rings. The molecule has 1 heteroatoms. The van der Waals surface area contributed by atoms with Crippen molar-refractivity contribution in [3.05, 3.63) is 0 Å². The summed E-state index contributed by atoms with van der Waals surface area (Å²) in [7, 11) is 0. The first-order chi connectivity index (χ1) is 9.83. The normalized spacial score (nSPS) is 18.9. The molecule has 20 heavy (non-hydrogen) atoms. The summed E-state index contributed by atoms with van der Waals surface area (Å²) in [4.78, 5) is 0. The van der Waals surface area contributed by atoms with Crippen LogP contribution in [-0.2, 0) is 0 Å². The molecular weight excluding hydrogens is 242 g/mol. The van der Waals surface area contributed by atoms with Crippen LogP contribution in [0.2, 0.25) is 0 Å². The van der Waals surface area contributed by atoms with Gasteiger partial charge in [0.05, 0.1) is 0 Å². The highest BCUT2D eigenvalue weighted by molar-refractivity contribution is 4.71. The molecule has 0 saturated heterocycles. The molecule has 0 aliphatic heterocycles. The van der Waals surface area contributed by atoms with Gasteiger partial charge in [0.1, 0.15) is 0 Å². The minimum Gasteiger partial charge on any atom is -0.328 e. The fourth-order valence-electron chi connectivity index (χ4n) is 3.69. The summed E-state index contributed by atoms with van der Waals surface area (Å²) in [5.41, 5.74) is 6.34. The van der Waals surface area contributed by atoms with Gasteiger partial charge in [0.15, 0.2) is 0 Å². The van der Waals surface area contributed by atoms with Crippen molar-refractivity contribution in [1.29, 1.82) is 0 Å². The average molecular weight is 282 g/mol. The quantitative estimate of drug-likeness (QED) is 0.354. The zero-order valence-corrected chi connectivity index (χ0v) is 14.0. The first kappa shape index (κ1) is 18.0. The second kappa shape index (κ2) is 12.7. The van der Waals surface area contributed by atoms with Crippen LogP contribution < -0.4 is 5.73 Å². The Kier molecular flexibility index (Phi) is 11.4. The molecule has 0 radical (unpaired) electrons. The summed E-state index contributed by atoms with van der Waals surface area (Å²) in [6.45, 7) is 2.29. The van der Waals surface area contributed by atoms with Crippen LogP contribution in [0.15, 0.2) is 0 Å². The lowest BCUT2D eigenvalue weighted by Gasteiger charge is -2.19. The Morgan fingerprint density at radius 2 is 1.35 bits per heavy atom. The molecule has 0 aromatic carbocycles. The first-order valence-corrected chi connectivity index (χ1v) is 9.58. The van der Waals surface area contributed by atoms with Crippen LogP contribution in [0.5, 0.6) is 0 Å². The third kappa shape index (κ3) is 9.80. The fourth-order valence-corrected chi connectivity index (χ4v) is 3.69. The van der Waals surface area contributed by atoms with E-state index in [1.807, 2.05) is 0 Å². The second-order valence-electron chi connectivity index (χ2n) is 7.12. The molecule has 1 unspecified atom stereocenters. The van der Waals surface area contributed by atoms with Gasteiger partial charge in [0, 0.05) is 6.04 Å². The molecule has 1 atom stereocenters. The van der Waals surface area contributed by atoms with Crippen molar-refractivity contribution >= 4 is 0 Å². The number of hydrogen-bond acceptors (Lipinski definition) is 1. The van der Waals surface area contributed by atoms with Crippen LogP contribution in [0.3, 0.4) is 0 Å². The standard InChI is InChI=1S/C19H39N/c1-2-3-4-5-6-7-8-13-16-19(20)17-18-14-11-9-10-12-15-18/h18-19H,2-17,20H2,1H3. The van der Waals surface area contributed by atoms with Crippen LogP contribution in [-0.4, -0.2) is 6.04 Å². The number of hydrogen-bond donors (Lipinski definition) is 1. The van der Waals surface area contributed by atoms with E-state index in [4.69, 9.17) is 5.73 Å². The summed E-state index contributed by atoms with van der Waals surface area (Å²) in [6.07, 6.45) is 22.6. The number of rotatable bonds is 11. The maximum atomic E-state index is 6.34. The van der Waals surface area contributed by atoms with E-state index in [2.05, 4.69) is 6.92 Å². The Morgan fingerprint density at radius 3 is 1.95 bits per heavy atom. The predicted molar refractivity (Wildman–Crippen MR) is 91.0 cm³/mol. The lowest BCUT2D eigenvalue weighted by molar-refractivity contribution is 0.371. The van der Waals surface area contributed by atoms with Gasteiger partial charge in [-0.25, -0.2) is 0 Å². The van der Waals surface area contributed by atoms with Gasteiger partial charge in [-0.3, -0.25) is 0 Å². The monoisotopic (exact) mass is 281 g/mol. The smallest absolute Gasteiger partial charge is 0.00414 e. The average Bonchev–Trinajstić information content (AvgIpc) is 2.70. The van der Waals surface area contributed by atoms with Crippen LogP contribution in [0.1, 0.15) is 110 Å². The third-order valence-electron chi connectivity index (χ3n) is 5.04. The van der Waals surface area contributed by atoms with E-state index in [9.17, 15) is 0 Å². The molecule has 0 bridgehead atoms. The molecule has 0 heterocycles. The van der Waals surface area contributed by atoms with Crippen molar-refractivity contribution in [1.82, 2.24) is 0 Å². The lowest BCUT2D eigenvalue weighted by Crippen LogP contribution is -2.23. The topological polar surface area (TPSA) is 26.0 Å². The number of unbranched alkanes of at least 4 members (excludes halogenated alkanes) is 7. The lowest BCUT2D eigenvalue weighted by atomic mass is 9.91. The summed E-state index contributed by atoms with van der Waals surface area (Å²) >= 11 is 0. The van der Waals surface area contributed by atoms with Gasteiger partial charge >= 0.3 is 0 Å². The molecule has 0 spiro atoms. The fraction of sp³-hybridized carbons (Fsp3) is 1.00. The molecule has 1 aliphatic carbocycles. The van der Waals surface area contributed by atoms with Crippen molar-refractivity contribution in [2.24, 2.45) is 11.7 Å². The van der Waals surface area contributed by atoms with Gasteiger partial charge in [0.2, 0.25) is 0 Å². The van der Waals surface area contributed by atoms with Gasteiger partial charge in [0.25, 0.3) is 0 Å². The summed E-state index contributed by atoms with van der Waals surface area (Å²) in [6, 6.07) is 0.484. The molecule has 0 aromatic heterocycles. The Labute approximate surface area is 128 Å². The highest BCUT2D eigenvalue weighted by atomic mass is 14.6. The molecule has 1 rings (SSSR count). The van der Waals surface area contributed by atoms with E-state index < -0.39 is 0 Å². The van der Waals surface area contributed by atoms with E-state index in [0.29, 0.717) is 6.04 Å². The predicted octanol–water partition coefficient (Wildman–Crippen LogP) is 6.21. The molecule has 120 valence electrons. The minimum absolute atomic E-state index is 0.484. The Morgan fingerprint density at radius 1 is 0.800 bits per heavy atom. The van der Waals surface area contributed by atoms with Crippen LogP contribution >= 0.6 is 0 Å². The maximum Gasteiger partial charge on any atom is 0.00414 e. The highest BCUT2D eigenvalue weighted by Crippen LogP contribution is 2.27. The van der Waals surface area contributed by atoms with Gasteiger partial charge in [-0.15, -0.1) is 0 Å². The van der Waals surface area contributed by atoms with Gasteiger partial charge in [-0.2, -0.15) is 0 Å². The highest BCUT2D eigenvalue weighted by Gasteiger charge is 2.15. The SMILES string of the molecule is CCCCCCCCCCC(N)CC1CCCCCC1. The zero-order chi connectivity index (χ0) is 14.5. The van der Waals surface area contributed by atoms with Crippen LogP contribution in [0.25, 0.3) is 0 Å². The Balaban J connectivity index is 1.90. The van der Waals surface area contributed by atoms with E-state index in [1.54, 1.807) is 0 Å². The molecule has 2 N–H and O–H groups in total. The van der Waals surface area contributed by atoms with Crippen LogP contribution in [0.4, 0.5) is 0 Å². The van der Waals surface area contributed by atoms with Crippen LogP contribution in [0, 0.1) is 5.92 Å². The third-order valence-corrected chi connectivity index (χ3v) is 5.04. The number of nitrogens with two attached hydrogens (primary N) is 1. The molecule has 0 aromatic rings. The molecular formula is C19H39N. The molecule has 1 nitrogen and oxygen atoms in total. The summed E-state index contributed by atoms with van der Waals surface area (Å²) in [5.74, 6) is 0.946. The van der Waals surface area contributed by atoms with Gasteiger partial charge in [-0.1, -0.05) is 96.8 Å².